The summed E-state index contributed by atoms with van der Waals surface area (Å²) < 4.78 is 50.7. The van der Waals surface area contributed by atoms with E-state index < -0.39 is 23.5 Å². The van der Waals surface area contributed by atoms with E-state index in [0.29, 0.717) is 38.5 Å². The third-order valence-electron chi connectivity index (χ3n) is 9.23. The number of aromatic nitrogens is 4. The number of oxazole rings is 1. The van der Waals surface area contributed by atoms with Gasteiger partial charge in [0.2, 0.25) is 5.76 Å². The fraction of sp³-hybridized carbons (Fsp3) is 0.371. The zero-order valence-corrected chi connectivity index (χ0v) is 26.5. The number of fused-ring (bicyclic) bond motifs is 1. The summed E-state index contributed by atoms with van der Waals surface area (Å²) in [5.41, 5.74) is 1.72. The molecule has 1 atom stereocenters. The zero-order chi connectivity index (χ0) is 33.4. The zero-order valence-electron chi connectivity index (χ0n) is 26.5. The molecule has 48 heavy (non-hydrogen) atoms. The molecule has 5 heterocycles. The van der Waals surface area contributed by atoms with Gasteiger partial charge in [0.05, 0.1) is 29.5 Å². The summed E-state index contributed by atoms with van der Waals surface area (Å²) >= 11 is 0. The smallest absolute Gasteiger partial charge is 0.417 e. The van der Waals surface area contributed by atoms with Crippen molar-refractivity contribution in [3.63, 3.8) is 0 Å². The molecular formula is C35H36F3N7O3. The van der Waals surface area contributed by atoms with Gasteiger partial charge in [0, 0.05) is 32.2 Å². The maximum atomic E-state index is 13.8. The molecule has 0 radical (unpaired) electrons. The summed E-state index contributed by atoms with van der Waals surface area (Å²) in [6, 6.07) is 20.9. The lowest BCUT2D eigenvalue weighted by atomic mass is 10.0. The number of nitrogens with zero attached hydrogens (tertiary/aromatic N) is 6. The van der Waals surface area contributed by atoms with Crippen molar-refractivity contribution in [3.8, 4) is 0 Å². The minimum absolute atomic E-state index is 0.0111. The lowest BCUT2D eigenvalue weighted by Gasteiger charge is -2.33. The molecule has 10 nitrogen and oxygen atoms in total. The molecule has 0 spiro atoms. The number of alkyl halides is 3. The SMILES string of the molecule is CC1CCCN(c2nc(C(F)(F)F)c(C(=O)Nc3ccc(N4CCC(n5c(=O)n(Cc6ccccc6)c6ccccc65)CC4)nc3)o2)C1. The number of para-hydroxylation sites is 2. The van der Waals surface area contributed by atoms with Gasteiger partial charge in [0.15, 0.2) is 5.69 Å². The van der Waals surface area contributed by atoms with Gasteiger partial charge in [0.25, 0.3) is 11.9 Å². The van der Waals surface area contributed by atoms with E-state index in [0.717, 1.165) is 42.3 Å². The minimum atomic E-state index is -4.86. The van der Waals surface area contributed by atoms with Crippen LogP contribution in [0.25, 0.3) is 11.0 Å². The van der Waals surface area contributed by atoms with Crippen molar-refractivity contribution in [2.45, 2.75) is 51.4 Å². The van der Waals surface area contributed by atoms with Crippen molar-refractivity contribution >= 4 is 34.5 Å². The molecule has 0 saturated carbocycles. The van der Waals surface area contributed by atoms with Crippen molar-refractivity contribution in [1.82, 2.24) is 19.1 Å². The molecule has 2 aliphatic heterocycles. The van der Waals surface area contributed by atoms with E-state index in [1.165, 1.54) is 6.20 Å². The summed E-state index contributed by atoms with van der Waals surface area (Å²) in [6.45, 7) is 4.83. The third-order valence-corrected chi connectivity index (χ3v) is 9.23. The highest BCUT2D eigenvalue weighted by Crippen LogP contribution is 2.36. The predicted octanol–water partition coefficient (Wildman–Crippen LogP) is 6.58. The van der Waals surface area contributed by atoms with Gasteiger partial charge in [-0.2, -0.15) is 18.2 Å². The van der Waals surface area contributed by atoms with E-state index >= 15 is 0 Å². The quantitative estimate of drug-likeness (QED) is 0.211. The predicted molar refractivity (Wildman–Crippen MR) is 177 cm³/mol. The van der Waals surface area contributed by atoms with Crippen LogP contribution in [-0.4, -0.2) is 51.2 Å². The molecular weight excluding hydrogens is 623 g/mol. The van der Waals surface area contributed by atoms with Gasteiger partial charge in [-0.25, -0.2) is 9.78 Å². The maximum Gasteiger partial charge on any atom is 0.437 e. The van der Waals surface area contributed by atoms with Crippen LogP contribution in [-0.2, 0) is 12.7 Å². The van der Waals surface area contributed by atoms with Crippen LogP contribution in [0.3, 0.4) is 0 Å². The van der Waals surface area contributed by atoms with E-state index in [2.05, 4.69) is 20.2 Å². The van der Waals surface area contributed by atoms with Crippen LogP contribution in [0.15, 0.2) is 82.1 Å². The normalized spacial score (nSPS) is 17.6. The lowest BCUT2D eigenvalue weighted by molar-refractivity contribution is -0.141. The van der Waals surface area contributed by atoms with E-state index in [-0.39, 0.29) is 29.4 Å². The fourth-order valence-corrected chi connectivity index (χ4v) is 6.85. The summed E-state index contributed by atoms with van der Waals surface area (Å²) in [4.78, 5) is 38.6. The molecule has 2 aromatic carbocycles. The molecule has 5 aromatic rings. The van der Waals surface area contributed by atoms with Crippen molar-refractivity contribution in [1.29, 1.82) is 0 Å². The monoisotopic (exact) mass is 659 g/mol. The van der Waals surface area contributed by atoms with Crippen LogP contribution in [0.5, 0.6) is 0 Å². The number of hydrogen-bond donors (Lipinski definition) is 1. The van der Waals surface area contributed by atoms with Gasteiger partial charge in [-0.3, -0.25) is 13.9 Å². The van der Waals surface area contributed by atoms with Crippen molar-refractivity contribution in [2.75, 3.05) is 41.3 Å². The van der Waals surface area contributed by atoms with Crippen molar-refractivity contribution in [3.05, 3.63) is 100 Å². The Morgan fingerprint density at radius 1 is 0.938 bits per heavy atom. The average Bonchev–Trinajstić information content (AvgIpc) is 3.66. The van der Waals surface area contributed by atoms with E-state index in [9.17, 15) is 22.8 Å². The molecule has 1 unspecified atom stereocenters. The average molecular weight is 660 g/mol. The van der Waals surface area contributed by atoms with Gasteiger partial charge >= 0.3 is 11.9 Å². The van der Waals surface area contributed by atoms with Crippen LogP contribution >= 0.6 is 0 Å². The molecule has 2 fully saturated rings. The highest BCUT2D eigenvalue weighted by molar-refractivity contribution is 6.03. The van der Waals surface area contributed by atoms with Gasteiger partial charge < -0.3 is 19.5 Å². The topological polar surface area (TPSA) is 101 Å². The van der Waals surface area contributed by atoms with Gasteiger partial charge in [-0.05, 0) is 61.4 Å². The lowest BCUT2D eigenvalue weighted by Crippen LogP contribution is -2.38. The highest BCUT2D eigenvalue weighted by atomic mass is 19.4. The number of nitrogens with one attached hydrogen (secondary N) is 1. The summed E-state index contributed by atoms with van der Waals surface area (Å²) in [7, 11) is 0. The summed E-state index contributed by atoms with van der Waals surface area (Å²) in [5, 5.41) is 2.48. The molecule has 1 N–H and O–H groups in total. The molecule has 2 aliphatic rings. The standard InChI is InChI=1S/C35H36F3N7O3/c1-23-8-7-17-43(21-23)33-41-31(35(36,37)38)30(48-33)32(46)40-25-13-14-29(39-20-25)42-18-15-26(16-19-42)45-28-12-6-5-11-27(28)44(34(45)47)22-24-9-3-2-4-10-24/h2-6,9-14,20,23,26H,7-8,15-19,21-22H2,1H3,(H,40,46). The van der Waals surface area contributed by atoms with E-state index in [4.69, 9.17) is 4.42 Å². The number of anilines is 3. The second-order valence-corrected chi connectivity index (χ2v) is 12.7. The number of hydrogen-bond acceptors (Lipinski definition) is 7. The van der Waals surface area contributed by atoms with Gasteiger partial charge in [-0.1, -0.05) is 49.4 Å². The largest absolute Gasteiger partial charge is 0.437 e. The number of halogens is 3. The minimum Gasteiger partial charge on any atom is -0.417 e. The first-order valence-electron chi connectivity index (χ1n) is 16.2. The number of amides is 1. The van der Waals surface area contributed by atoms with Crippen molar-refractivity contribution < 1.29 is 22.4 Å². The third kappa shape index (κ3) is 6.28. The first-order chi connectivity index (χ1) is 23.2. The molecule has 250 valence electrons. The summed E-state index contributed by atoms with van der Waals surface area (Å²) in [5.74, 6) is -0.967. The number of benzene rings is 2. The van der Waals surface area contributed by atoms with Gasteiger partial charge in [-0.15, -0.1) is 0 Å². The number of carbonyl (C=O) groups excluding carboxylic acids is 1. The Morgan fingerprint density at radius 2 is 1.67 bits per heavy atom. The van der Waals surface area contributed by atoms with Crippen LogP contribution < -0.4 is 20.8 Å². The first-order valence-corrected chi connectivity index (χ1v) is 16.2. The molecule has 2 saturated heterocycles. The van der Waals surface area contributed by atoms with Crippen LogP contribution in [0.1, 0.15) is 60.5 Å². The number of piperidine rings is 2. The Bertz CT molecular complexity index is 1960. The number of rotatable bonds is 7. The van der Waals surface area contributed by atoms with Crippen LogP contribution in [0.4, 0.5) is 30.7 Å². The molecule has 0 aliphatic carbocycles. The Morgan fingerprint density at radius 3 is 2.35 bits per heavy atom. The highest BCUT2D eigenvalue weighted by Gasteiger charge is 2.42. The Hall–Kier alpha value is -5.07. The summed E-state index contributed by atoms with van der Waals surface area (Å²) in [6.07, 6.45) is -0.214. The molecule has 13 heteroatoms. The maximum absolute atomic E-state index is 13.8. The molecule has 0 bridgehead atoms. The van der Waals surface area contributed by atoms with Crippen LogP contribution in [0.2, 0.25) is 0 Å². The molecule has 3 aromatic heterocycles. The van der Waals surface area contributed by atoms with Crippen molar-refractivity contribution in [2.24, 2.45) is 5.92 Å². The number of pyridine rings is 1. The number of imidazole rings is 1. The Kier molecular flexibility index (Phi) is 8.44. The van der Waals surface area contributed by atoms with E-state index in [1.807, 2.05) is 70.7 Å². The number of carbonyl (C=O) groups is 1. The Balaban J connectivity index is 1.03. The Labute approximate surface area is 274 Å². The fourth-order valence-electron chi connectivity index (χ4n) is 6.85. The molecule has 1 amide bonds. The van der Waals surface area contributed by atoms with Gasteiger partial charge in [0.1, 0.15) is 5.82 Å². The second kappa shape index (κ2) is 12.9. The second-order valence-electron chi connectivity index (χ2n) is 12.7. The first kappa shape index (κ1) is 31.5. The molecule has 7 rings (SSSR count). The van der Waals surface area contributed by atoms with Crippen LogP contribution in [0, 0.1) is 5.92 Å². The van der Waals surface area contributed by atoms with E-state index in [1.54, 1.807) is 17.0 Å².